The standard InChI is InChI=1S/C19H24N6O2/c1-2-17(27-5-1)11-24-10-16(8-15-9-20-13-21-15)25-18(12-24)22-23-19(25)14-3-6-26-7-4-14/h1-2,5,9,13-14,16H,3-4,6-8,10-12H2,(H,20,21)/t16-/m1/s1. The van der Waals surface area contributed by atoms with Crippen LogP contribution in [-0.4, -0.2) is 49.4 Å². The lowest BCUT2D eigenvalue weighted by Gasteiger charge is -2.35. The third kappa shape index (κ3) is 3.42. The van der Waals surface area contributed by atoms with Crippen molar-refractivity contribution >= 4 is 0 Å². The second kappa shape index (κ2) is 7.28. The van der Waals surface area contributed by atoms with E-state index in [0.717, 1.165) is 75.2 Å². The van der Waals surface area contributed by atoms with E-state index in [2.05, 4.69) is 29.6 Å². The van der Waals surface area contributed by atoms with Crippen LogP contribution in [0, 0.1) is 0 Å². The Kier molecular flexibility index (Phi) is 4.51. The molecular formula is C19H24N6O2. The largest absolute Gasteiger partial charge is 0.468 e. The maximum absolute atomic E-state index is 5.55. The maximum atomic E-state index is 5.55. The Hall–Kier alpha value is -2.45. The van der Waals surface area contributed by atoms with Crippen molar-refractivity contribution in [2.45, 2.75) is 44.3 Å². The van der Waals surface area contributed by atoms with Gasteiger partial charge in [0.1, 0.15) is 17.4 Å². The van der Waals surface area contributed by atoms with Crippen molar-refractivity contribution < 1.29 is 9.15 Å². The van der Waals surface area contributed by atoms with E-state index in [9.17, 15) is 0 Å². The molecule has 5 heterocycles. The normalized spacial score (nSPS) is 21.4. The first kappa shape index (κ1) is 16.7. The summed E-state index contributed by atoms with van der Waals surface area (Å²) in [5.41, 5.74) is 1.14. The van der Waals surface area contributed by atoms with Crippen LogP contribution < -0.4 is 0 Å². The minimum atomic E-state index is 0.275. The number of aromatic amines is 1. The molecule has 0 aromatic carbocycles. The number of imidazole rings is 1. The first-order chi connectivity index (χ1) is 13.4. The monoisotopic (exact) mass is 368 g/mol. The fourth-order valence-electron chi connectivity index (χ4n) is 4.27. The number of fused-ring (bicyclic) bond motifs is 1. The Labute approximate surface area is 157 Å². The van der Waals surface area contributed by atoms with Crippen molar-refractivity contribution in [2.75, 3.05) is 19.8 Å². The summed E-state index contributed by atoms with van der Waals surface area (Å²) in [5, 5.41) is 9.18. The molecule has 1 fully saturated rings. The van der Waals surface area contributed by atoms with Gasteiger partial charge in [-0.2, -0.15) is 0 Å². The van der Waals surface area contributed by atoms with Crippen LogP contribution in [0.4, 0.5) is 0 Å². The molecule has 0 saturated carbocycles. The fourth-order valence-corrected chi connectivity index (χ4v) is 4.27. The summed E-state index contributed by atoms with van der Waals surface area (Å²) < 4.78 is 13.5. The van der Waals surface area contributed by atoms with Crippen LogP contribution in [0.15, 0.2) is 35.3 Å². The molecule has 1 atom stereocenters. The number of hydrogen-bond donors (Lipinski definition) is 1. The molecule has 1 saturated heterocycles. The summed E-state index contributed by atoms with van der Waals surface area (Å²) in [6, 6.07) is 4.24. The van der Waals surface area contributed by atoms with Crippen molar-refractivity contribution in [3.05, 3.63) is 54.0 Å². The van der Waals surface area contributed by atoms with Crippen LogP contribution in [0.25, 0.3) is 0 Å². The summed E-state index contributed by atoms with van der Waals surface area (Å²) in [5.74, 6) is 3.57. The van der Waals surface area contributed by atoms with Crippen LogP contribution in [0.1, 0.15) is 47.9 Å². The molecule has 1 N–H and O–H groups in total. The second-order valence-corrected chi connectivity index (χ2v) is 7.41. The van der Waals surface area contributed by atoms with Crippen LogP contribution in [0.2, 0.25) is 0 Å². The van der Waals surface area contributed by atoms with Crippen molar-refractivity contribution in [2.24, 2.45) is 0 Å². The number of aromatic nitrogens is 5. The predicted molar refractivity (Wildman–Crippen MR) is 97.0 cm³/mol. The molecule has 0 radical (unpaired) electrons. The molecule has 27 heavy (non-hydrogen) atoms. The average Bonchev–Trinajstić information content (AvgIpc) is 3.44. The summed E-state index contributed by atoms with van der Waals surface area (Å²) in [6.07, 6.45) is 8.30. The number of ether oxygens (including phenoxy) is 1. The minimum absolute atomic E-state index is 0.275. The molecule has 8 nitrogen and oxygen atoms in total. The SMILES string of the molecule is c1coc(CN2Cc3nnc(C4CCOCC4)n3[C@H](Cc3cnc[nH]3)C2)c1. The number of nitrogens with zero attached hydrogens (tertiary/aromatic N) is 5. The molecule has 0 unspecified atom stereocenters. The zero-order chi connectivity index (χ0) is 18.1. The summed E-state index contributed by atoms with van der Waals surface area (Å²) in [6.45, 7) is 4.12. The summed E-state index contributed by atoms with van der Waals surface area (Å²) in [7, 11) is 0. The van der Waals surface area contributed by atoms with Crippen LogP contribution >= 0.6 is 0 Å². The van der Waals surface area contributed by atoms with Crippen LogP contribution in [0.5, 0.6) is 0 Å². The molecule has 2 aliphatic rings. The molecule has 0 amide bonds. The summed E-state index contributed by atoms with van der Waals surface area (Å²) >= 11 is 0. The van der Waals surface area contributed by atoms with Crippen molar-refractivity contribution in [1.29, 1.82) is 0 Å². The van der Waals surface area contributed by atoms with Gasteiger partial charge in [0.15, 0.2) is 0 Å². The van der Waals surface area contributed by atoms with Gasteiger partial charge in [0.25, 0.3) is 0 Å². The smallest absolute Gasteiger partial charge is 0.147 e. The lowest BCUT2D eigenvalue weighted by molar-refractivity contribution is 0.0808. The first-order valence-electron chi connectivity index (χ1n) is 9.60. The van der Waals surface area contributed by atoms with Gasteiger partial charge in [-0.1, -0.05) is 0 Å². The van der Waals surface area contributed by atoms with Gasteiger partial charge in [0.05, 0.1) is 31.7 Å². The van der Waals surface area contributed by atoms with E-state index >= 15 is 0 Å². The Morgan fingerprint density at radius 3 is 2.93 bits per heavy atom. The first-order valence-corrected chi connectivity index (χ1v) is 9.60. The zero-order valence-corrected chi connectivity index (χ0v) is 15.3. The van der Waals surface area contributed by atoms with Gasteiger partial charge in [0.2, 0.25) is 0 Å². The Morgan fingerprint density at radius 2 is 2.15 bits per heavy atom. The van der Waals surface area contributed by atoms with Gasteiger partial charge in [0, 0.05) is 44.0 Å². The zero-order valence-electron chi connectivity index (χ0n) is 15.3. The highest BCUT2D eigenvalue weighted by molar-refractivity contribution is 5.11. The van der Waals surface area contributed by atoms with Crippen molar-refractivity contribution in [1.82, 2.24) is 29.6 Å². The minimum Gasteiger partial charge on any atom is -0.468 e. The van der Waals surface area contributed by atoms with E-state index in [1.807, 2.05) is 18.3 Å². The van der Waals surface area contributed by atoms with Gasteiger partial charge in [-0.25, -0.2) is 4.98 Å². The molecule has 0 spiro atoms. The summed E-state index contributed by atoms with van der Waals surface area (Å²) in [4.78, 5) is 9.81. The average molecular weight is 368 g/mol. The molecular weight excluding hydrogens is 344 g/mol. The van der Waals surface area contributed by atoms with E-state index in [1.54, 1.807) is 12.6 Å². The number of hydrogen-bond acceptors (Lipinski definition) is 6. The van der Waals surface area contributed by atoms with Crippen molar-refractivity contribution in [3.63, 3.8) is 0 Å². The van der Waals surface area contributed by atoms with Gasteiger partial charge in [-0.05, 0) is 25.0 Å². The van der Waals surface area contributed by atoms with Crippen LogP contribution in [-0.2, 0) is 24.2 Å². The number of H-pyrrole nitrogens is 1. The third-order valence-electron chi connectivity index (χ3n) is 5.55. The lowest BCUT2D eigenvalue weighted by Crippen LogP contribution is -2.39. The molecule has 2 aliphatic heterocycles. The Morgan fingerprint density at radius 1 is 1.22 bits per heavy atom. The molecule has 3 aromatic heterocycles. The van der Waals surface area contributed by atoms with Gasteiger partial charge >= 0.3 is 0 Å². The van der Waals surface area contributed by atoms with Gasteiger partial charge in [-0.15, -0.1) is 10.2 Å². The van der Waals surface area contributed by atoms with Crippen molar-refractivity contribution in [3.8, 4) is 0 Å². The van der Waals surface area contributed by atoms with E-state index in [-0.39, 0.29) is 6.04 Å². The highest BCUT2D eigenvalue weighted by Gasteiger charge is 2.33. The number of furan rings is 1. The number of nitrogens with one attached hydrogen (secondary N) is 1. The molecule has 3 aromatic rings. The van der Waals surface area contributed by atoms with E-state index < -0.39 is 0 Å². The lowest BCUT2D eigenvalue weighted by atomic mass is 9.98. The Balaban J connectivity index is 1.44. The van der Waals surface area contributed by atoms with Gasteiger partial charge < -0.3 is 18.7 Å². The molecule has 8 heteroatoms. The highest BCUT2D eigenvalue weighted by atomic mass is 16.5. The fraction of sp³-hybridized carbons (Fsp3) is 0.526. The van der Waals surface area contributed by atoms with E-state index in [0.29, 0.717) is 5.92 Å². The Bertz CT molecular complexity index is 851. The maximum Gasteiger partial charge on any atom is 0.147 e. The van der Waals surface area contributed by atoms with Gasteiger partial charge in [-0.3, -0.25) is 4.90 Å². The molecule has 0 bridgehead atoms. The predicted octanol–water partition coefficient (Wildman–Crippen LogP) is 2.29. The second-order valence-electron chi connectivity index (χ2n) is 7.41. The van der Waals surface area contributed by atoms with E-state index in [1.165, 1.54) is 0 Å². The quantitative estimate of drug-likeness (QED) is 0.744. The van der Waals surface area contributed by atoms with Crippen LogP contribution in [0.3, 0.4) is 0 Å². The van der Waals surface area contributed by atoms with E-state index in [4.69, 9.17) is 9.15 Å². The molecule has 0 aliphatic carbocycles. The third-order valence-corrected chi connectivity index (χ3v) is 5.55. The molecule has 142 valence electrons. The number of rotatable bonds is 5. The topological polar surface area (TPSA) is 85.0 Å². The highest BCUT2D eigenvalue weighted by Crippen LogP contribution is 2.32. The molecule has 5 rings (SSSR count).